The molecule has 0 aliphatic rings. The van der Waals surface area contributed by atoms with Gasteiger partial charge in [0.1, 0.15) is 5.56 Å². The Hall–Kier alpha value is -4.04. The maximum absolute atomic E-state index is 12.9. The molecule has 0 unspecified atom stereocenters. The fraction of sp³-hybridized carbons (Fsp3) is 0. The number of benzene rings is 2. The third-order valence-electron chi connectivity index (χ3n) is 4.82. The molecule has 1 amide bonds. The summed E-state index contributed by atoms with van der Waals surface area (Å²) in [6.45, 7) is 0. The van der Waals surface area contributed by atoms with Crippen LogP contribution in [0.5, 0.6) is 0 Å². The minimum atomic E-state index is -0.674. The number of nitrogens with zero attached hydrogens (tertiary/aromatic N) is 1. The summed E-state index contributed by atoms with van der Waals surface area (Å²) in [5, 5.41) is 6.54. The molecule has 8 nitrogen and oxygen atoms in total. The van der Waals surface area contributed by atoms with E-state index >= 15 is 0 Å². The molecule has 9 heteroatoms. The van der Waals surface area contributed by atoms with Crippen molar-refractivity contribution in [1.29, 1.82) is 0 Å². The molecule has 3 aromatic heterocycles. The van der Waals surface area contributed by atoms with Gasteiger partial charge in [-0.05, 0) is 42.0 Å². The van der Waals surface area contributed by atoms with E-state index in [2.05, 4.69) is 20.4 Å². The maximum atomic E-state index is 12.9. The number of amides is 1. The van der Waals surface area contributed by atoms with Gasteiger partial charge in [0.15, 0.2) is 5.65 Å². The number of rotatable bonds is 3. The second-order valence-electron chi connectivity index (χ2n) is 6.77. The topological polar surface area (TPSA) is 115 Å². The van der Waals surface area contributed by atoms with Crippen molar-refractivity contribution in [2.75, 3.05) is 5.32 Å². The van der Waals surface area contributed by atoms with Crippen LogP contribution in [-0.4, -0.2) is 25.5 Å². The van der Waals surface area contributed by atoms with Gasteiger partial charge in [0.2, 0.25) is 0 Å². The van der Waals surface area contributed by atoms with E-state index in [0.717, 1.165) is 15.4 Å². The molecule has 2 aromatic carbocycles. The second kappa shape index (κ2) is 6.78. The molecule has 0 atom stereocenters. The lowest BCUT2D eigenvalue weighted by Crippen LogP contribution is -2.19. The Morgan fingerprint density at radius 2 is 1.90 bits per heavy atom. The van der Waals surface area contributed by atoms with Crippen LogP contribution in [0.2, 0.25) is 5.02 Å². The molecule has 0 saturated carbocycles. The van der Waals surface area contributed by atoms with Gasteiger partial charge in [-0.1, -0.05) is 23.7 Å². The number of anilines is 1. The van der Waals surface area contributed by atoms with Gasteiger partial charge in [0.05, 0.1) is 5.69 Å². The Morgan fingerprint density at radius 1 is 1.03 bits per heavy atom. The number of nitrogens with one attached hydrogen (secondary N) is 4. The molecule has 148 valence electrons. The fourth-order valence-electron chi connectivity index (χ4n) is 3.41. The summed E-state index contributed by atoms with van der Waals surface area (Å²) < 4.78 is 1.01. The molecule has 0 saturated heterocycles. The number of fused-ring (bicyclic) bond motifs is 2. The Balaban J connectivity index is 1.60. The van der Waals surface area contributed by atoms with E-state index in [1.165, 1.54) is 6.07 Å². The quantitative estimate of drug-likeness (QED) is 0.359. The van der Waals surface area contributed by atoms with Gasteiger partial charge >= 0.3 is 0 Å². The normalized spacial score (nSPS) is 11.2. The van der Waals surface area contributed by atoms with Gasteiger partial charge in [-0.3, -0.25) is 19.5 Å². The first-order valence-electron chi connectivity index (χ1n) is 9.02. The van der Waals surface area contributed by atoms with Crippen LogP contribution >= 0.6 is 11.6 Å². The van der Waals surface area contributed by atoms with Gasteiger partial charge in [-0.25, -0.2) is 0 Å². The number of aromatic nitrogens is 4. The highest BCUT2D eigenvalue weighted by Gasteiger charge is 2.20. The summed E-state index contributed by atoms with van der Waals surface area (Å²) in [6.07, 6.45) is 1.80. The summed E-state index contributed by atoms with van der Waals surface area (Å²) in [7, 11) is 0. The molecule has 30 heavy (non-hydrogen) atoms. The highest BCUT2D eigenvalue weighted by Crippen LogP contribution is 2.21. The number of hydrogen-bond donors (Lipinski definition) is 4. The summed E-state index contributed by atoms with van der Waals surface area (Å²) >= 11 is 6.04. The summed E-state index contributed by atoms with van der Waals surface area (Å²) in [6, 6.07) is 15.4. The predicted octanol–water partition coefficient (Wildman–Crippen LogP) is 3.37. The van der Waals surface area contributed by atoms with Crippen LogP contribution in [0.3, 0.4) is 0 Å². The number of hydrogen-bond acceptors (Lipinski definition) is 3. The van der Waals surface area contributed by atoms with Crippen LogP contribution in [-0.2, 0) is 0 Å². The molecule has 0 aliphatic heterocycles. The standard InChI is InChI=1S/C21H14ClN5O3/c22-13-3-1-2-11(8-13)16-10-17(28)27-19(25-16)18(21(30)26-27)20(29)24-14-4-5-15-12(9-14)6-7-23-15/h1-10,23,25H,(H,24,29)(H,26,30). The molecular formula is C21H14ClN5O3. The van der Waals surface area contributed by atoms with E-state index in [1.807, 2.05) is 12.1 Å². The summed E-state index contributed by atoms with van der Waals surface area (Å²) in [4.78, 5) is 44.0. The Morgan fingerprint density at radius 3 is 2.73 bits per heavy atom. The third-order valence-corrected chi connectivity index (χ3v) is 5.05. The van der Waals surface area contributed by atoms with Crippen LogP contribution in [0.25, 0.3) is 27.8 Å². The Labute approximate surface area is 173 Å². The largest absolute Gasteiger partial charge is 0.361 e. The van der Waals surface area contributed by atoms with Crippen molar-refractivity contribution in [3.63, 3.8) is 0 Å². The van der Waals surface area contributed by atoms with Gasteiger partial charge in [0, 0.05) is 33.9 Å². The molecule has 0 bridgehead atoms. The average Bonchev–Trinajstić information content (AvgIpc) is 3.31. The Kier molecular flexibility index (Phi) is 4.07. The molecule has 3 heterocycles. The molecule has 4 N–H and O–H groups in total. The minimum Gasteiger partial charge on any atom is -0.361 e. The monoisotopic (exact) mass is 419 g/mol. The summed E-state index contributed by atoms with van der Waals surface area (Å²) in [5.74, 6) is -0.632. The fourth-order valence-corrected chi connectivity index (χ4v) is 3.61. The maximum Gasteiger partial charge on any atom is 0.279 e. The lowest BCUT2D eigenvalue weighted by molar-refractivity contribution is 0.102. The lowest BCUT2D eigenvalue weighted by Gasteiger charge is -2.06. The molecule has 0 fully saturated rings. The molecule has 5 aromatic rings. The van der Waals surface area contributed by atoms with Gasteiger partial charge in [-0.2, -0.15) is 4.52 Å². The van der Waals surface area contributed by atoms with Crippen LogP contribution in [0.1, 0.15) is 10.4 Å². The van der Waals surface area contributed by atoms with Crippen molar-refractivity contribution in [3.05, 3.63) is 92.1 Å². The lowest BCUT2D eigenvalue weighted by atomic mass is 10.1. The van der Waals surface area contributed by atoms with Gasteiger partial charge in [-0.15, -0.1) is 0 Å². The van der Waals surface area contributed by atoms with Gasteiger partial charge < -0.3 is 15.3 Å². The SMILES string of the molecule is O=C(Nc1ccc2[nH]ccc2c1)c1c(=O)[nH]n2c(=O)cc(-c3cccc(Cl)c3)[nH]c12. The van der Waals surface area contributed by atoms with E-state index < -0.39 is 17.0 Å². The van der Waals surface area contributed by atoms with Crippen molar-refractivity contribution in [1.82, 2.24) is 19.6 Å². The zero-order chi connectivity index (χ0) is 20.8. The zero-order valence-corrected chi connectivity index (χ0v) is 16.1. The number of H-pyrrole nitrogens is 3. The Bertz CT molecular complexity index is 1560. The van der Waals surface area contributed by atoms with Crippen LogP contribution in [0.4, 0.5) is 5.69 Å². The number of halogens is 1. The van der Waals surface area contributed by atoms with Gasteiger partial charge in [0.25, 0.3) is 17.0 Å². The van der Waals surface area contributed by atoms with Crippen LogP contribution in [0, 0.1) is 0 Å². The first-order valence-corrected chi connectivity index (χ1v) is 9.40. The smallest absolute Gasteiger partial charge is 0.279 e. The average molecular weight is 420 g/mol. The molecule has 0 spiro atoms. The molecular weight excluding hydrogens is 406 g/mol. The second-order valence-corrected chi connectivity index (χ2v) is 7.20. The van der Waals surface area contributed by atoms with Crippen molar-refractivity contribution < 1.29 is 4.79 Å². The molecule has 0 radical (unpaired) electrons. The van der Waals surface area contributed by atoms with Crippen molar-refractivity contribution >= 4 is 39.7 Å². The number of aromatic amines is 3. The van der Waals surface area contributed by atoms with Crippen LogP contribution in [0.15, 0.2) is 70.4 Å². The summed E-state index contributed by atoms with van der Waals surface area (Å²) in [5.41, 5.74) is 1.27. The van der Waals surface area contributed by atoms with E-state index in [1.54, 1.807) is 42.6 Å². The van der Waals surface area contributed by atoms with E-state index in [9.17, 15) is 14.4 Å². The molecule has 0 aliphatic carbocycles. The predicted molar refractivity (Wildman–Crippen MR) is 115 cm³/mol. The first kappa shape index (κ1) is 18.0. The zero-order valence-electron chi connectivity index (χ0n) is 15.3. The van der Waals surface area contributed by atoms with Crippen LogP contribution < -0.4 is 16.4 Å². The highest BCUT2D eigenvalue weighted by atomic mass is 35.5. The highest BCUT2D eigenvalue weighted by molar-refractivity contribution is 6.30. The van der Waals surface area contributed by atoms with Crippen molar-refractivity contribution in [2.24, 2.45) is 0 Å². The van der Waals surface area contributed by atoms with Crippen molar-refractivity contribution in [2.45, 2.75) is 0 Å². The van der Waals surface area contributed by atoms with E-state index in [-0.39, 0.29) is 11.2 Å². The van der Waals surface area contributed by atoms with E-state index in [0.29, 0.717) is 22.0 Å². The van der Waals surface area contributed by atoms with E-state index in [4.69, 9.17) is 11.6 Å². The molecule has 5 rings (SSSR count). The number of carbonyl (C=O) groups excluding carboxylic acids is 1. The first-order chi connectivity index (χ1) is 14.5. The third kappa shape index (κ3) is 2.99. The minimum absolute atomic E-state index is 0.0719. The number of carbonyl (C=O) groups is 1. The van der Waals surface area contributed by atoms with Crippen molar-refractivity contribution in [3.8, 4) is 11.3 Å².